The molecule has 2 aromatic heterocycles. The fourth-order valence-electron chi connectivity index (χ4n) is 1.77. The molecule has 100 valence electrons. The zero-order valence-electron chi connectivity index (χ0n) is 11.0. The molecule has 0 atom stereocenters. The van der Waals surface area contributed by atoms with Crippen LogP contribution in [0.1, 0.15) is 29.9 Å². The van der Waals surface area contributed by atoms with Crippen molar-refractivity contribution in [3.63, 3.8) is 0 Å². The van der Waals surface area contributed by atoms with Crippen LogP contribution < -0.4 is 0 Å². The first-order valence-electron chi connectivity index (χ1n) is 6.13. The molecular weight excluding hydrogens is 244 g/mol. The minimum Gasteiger partial charge on any atom is -0.494 e. The van der Waals surface area contributed by atoms with E-state index >= 15 is 0 Å². The van der Waals surface area contributed by atoms with E-state index in [0.29, 0.717) is 30.3 Å². The first-order chi connectivity index (χ1) is 9.17. The molecule has 2 rings (SSSR count). The van der Waals surface area contributed by atoms with Gasteiger partial charge in [0.05, 0.1) is 19.4 Å². The molecule has 0 bridgehead atoms. The summed E-state index contributed by atoms with van der Waals surface area (Å²) in [5.41, 5.74) is 1.90. The second-order valence-corrected chi connectivity index (χ2v) is 3.86. The predicted octanol–water partition coefficient (Wildman–Crippen LogP) is 2.52. The molecule has 2 aromatic rings. The number of carbonyl (C=O) groups is 1. The first kappa shape index (κ1) is 13.1. The Balaban J connectivity index is 2.36. The summed E-state index contributed by atoms with van der Waals surface area (Å²) in [6.07, 6.45) is 3.26. The Bertz CT molecular complexity index is 616. The highest BCUT2D eigenvalue weighted by Gasteiger charge is 2.13. The second kappa shape index (κ2) is 5.56. The minimum absolute atomic E-state index is 0.339. The third kappa shape index (κ3) is 2.59. The van der Waals surface area contributed by atoms with Crippen LogP contribution >= 0.6 is 0 Å². The Morgan fingerprint density at radius 1 is 1.37 bits per heavy atom. The highest BCUT2D eigenvalue weighted by atomic mass is 16.5. The smallest absolute Gasteiger partial charge is 0.356 e. The third-order valence-electron chi connectivity index (χ3n) is 2.64. The highest BCUT2D eigenvalue weighted by Crippen LogP contribution is 2.17. The number of imidazole rings is 1. The van der Waals surface area contributed by atoms with E-state index in [9.17, 15) is 4.79 Å². The van der Waals surface area contributed by atoms with Gasteiger partial charge in [0.1, 0.15) is 11.4 Å². The van der Waals surface area contributed by atoms with Gasteiger partial charge in [-0.1, -0.05) is 6.58 Å². The van der Waals surface area contributed by atoms with E-state index in [4.69, 9.17) is 9.47 Å². The minimum atomic E-state index is -0.383. The predicted molar refractivity (Wildman–Crippen MR) is 71.8 cm³/mol. The van der Waals surface area contributed by atoms with Gasteiger partial charge >= 0.3 is 5.97 Å². The fourth-order valence-corrected chi connectivity index (χ4v) is 1.77. The molecule has 0 aliphatic heterocycles. The summed E-state index contributed by atoms with van der Waals surface area (Å²) in [6, 6.07) is 3.65. The number of fused-ring (bicyclic) bond motifs is 1. The van der Waals surface area contributed by atoms with Crippen molar-refractivity contribution in [2.45, 2.75) is 13.8 Å². The van der Waals surface area contributed by atoms with Crippen molar-refractivity contribution in [3.8, 4) is 0 Å². The number of esters is 1. The van der Waals surface area contributed by atoms with Crippen LogP contribution in [0.3, 0.4) is 0 Å². The van der Waals surface area contributed by atoms with Crippen molar-refractivity contribution in [3.05, 3.63) is 42.4 Å². The van der Waals surface area contributed by atoms with Crippen molar-refractivity contribution >= 4 is 17.4 Å². The molecule has 0 saturated carbocycles. The topological polar surface area (TPSA) is 52.8 Å². The summed E-state index contributed by atoms with van der Waals surface area (Å²) in [4.78, 5) is 15.9. The summed E-state index contributed by atoms with van der Waals surface area (Å²) in [6.45, 7) is 8.41. The van der Waals surface area contributed by atoms with E-state index < -0.39 is 0 Å². The number of carbonyl (C=O) groups excluding carboxylic acids is 1. The number of aromatic nitrogens is 2. The molecule has 0 amide bonds. The molecule has 5 heteroatoms. The molecule has 0 aliphatic carbocycles. The molecule has 0 spiro atoms. The molecule has 0 radical (unpaired) electrons. The van der Waals surface area contributed by atoms with Crippen molar-refractivity contribution in [2.75, 3.05) is 13.2 Å². The van der Waals surface area contributed by atoms with E-state index in [2.05, 4.69) is 11.6 Å². The van der Waals surface area contributed by atoms with Gasteiger partial charge in [-0.3, -0.25) is 4.40 Å². The van der Waals surface area contributed by atoms with Gasteiger partial charge < -0.3 is 9.47 Å². The molecule has 0 aliphatic rings. The summed E-state index contributed by atoms with van der Waals surface area (Å²) in [5.74, 6) is 0.206. The zero-order valence-corrected chi connectivity index (χ0v) is 11.0. The number of nitrogens with zero attached hydrogens (tertiary/aromatic N) is 2. The van der Waals surface area contributed by atoms with Gasteiger partial charge in [-0.25, -0.2) is 9.78 Å². The molecule has 5 nitrogen and oxygen atoms in total. The standard InChI is InChI=1S/C14H16N2O3/c1-4-18-10(3)11-6-7-16-12(14(17)19-5-2)9-15-13(16)8-11/h6-9H,3-5H2,1-2H3. The quantitative estimate of drug-likeness (QED) is 0.612. The van der Waals surface area contributed by atoms with Crippen LogP contribution in [0.2, 0.25) is 0 Å². The lowest BCUT2D eigenvalue weighted by atomic mass is 10.2. The van der Waals surface area contributed by atoms with E-state index in [1.807, 2.05) is 19.1 Å². The lowest BCUT2D eigenvalue weighted by molar-refractivity contribution is 0.0518. The average molecular weight is 260 g/mol. The molecule has 2 heterocycles. The largest absolute Gasteiger partial charge is 0.494 e. The number of pyridine rings is 1. The molecular formula is C14H16N2O3. The van der Waals surface area contributed by atoms with E-state index in [1.54, 1.807) is 17.5 Å². The molecule has 0 unspecified atom stereocenters. The van der Waals surface area contributed by atoms with Gasteiger partial charge in [0.25, 0.3) is 0 Å². The van der Waals surface area contributed by atoms with Crippen LogP contribution in [0, 0.1) is 0 Å². The average Bonchev–Trinajstić information content (AvgIpc) is 2.82. The van der Waals surface area contributed by atoms with Gasteiger partial charge in [0.2, 0.25) is 0 Å². The van der Waals surface area contributed by atoms with Gasteiger partial charge in [-0.2, -0.15) is 0 Å². The first-order valence-corrected chi connectivity index (χ1v) is 6.13. The number of hydrogen-bond acceptors (Lipinski definition) is 4. The van der Waals surface area contributed by atoms with E-state index in [-0.39, 0.29) is 5.97 Å². The lowest BCUT2D eigenvalue weighted by Crippen LogP contribution is -2.07. The van der Waals surface area contributed by atoms with Crippen LogP contribution in [0.4, 0.5) is 0 Å². The normalized spacial score (nSPS) is 10.4. The third-order valence-corrected chi connectivity index (χ3v) is 2.64. The highest BCUT2D eigenvalue weighted by molar-refractivity contribution is 5.88. The molecule has 0 N–H and O–H groups in total. The van der Waals surface area contributed by atoms with Crippen molar-refractivity contribution < 1.29 is 14.3 Å². The number of rotatable bonds is 5. The maximum absolute atomic E-state index is 11.7. The van der Waals surface area contributed by atoms with Crippen LogP contribution in [-0.4, -0.2) is 28.6 Å². The number of ether oxygens (including phenoxy) is 2. The van der Waals surface area contributed by atoms with Gasteiger partial charge in [-0.05, 0) is 26.0 Å². The number of hydrogen-bond donors (Lipinski definition) is 0. The lowest BCUT2D eigenvalue weighted by Gasteiger charge is -2.07. The summed E-state index contributed by atoms with van der Waals surface area (Å²) < 4.78 is 12.0. The van der Waals surface area contributed by atoms with Gasteiger partial charge in [0, 0.05) is 11.8 Å². The maximum atomic E-state index is 11.7. The van der Waals surface area contributed by atoms with Crippen molar-refractivity contribution in [2.24, 2.45) is 0 Å². The maximum Gasteiger partial charge on any atom is 0.356 e. The second-order valence-electron chi connectivity index (χ2n) is 3.86. The SMILES string of the molecule is C=C(OCC)c1ccn2c(C(=O)OCC)cnc2c1. The Morgan fingerprint density at radius 2 is 2.11 bits per heavy atom. The van der Waals surface area contributed by atoms with Crippen LogP contribution in [0.15, 0.2) is 31.1 Å². The zero-order chi connectivity index (χ0) is 13.8. The monoisotopic (exact) mass is 260 g/mol. The van der Waals surface area contributed by atoms with Crippen LogP contribution in [0.25, 0.3) is 11.4 Å². The molecule has 0 saturated heterocycles. The van der Waals surface area contributed by atoms with Gasteiger partial charge in [-0.15, -0.1) is 0 Å². The molecule has 19 heavy (non-hydrogen) atoms. The summed E-state index contributed by atoms with van der Waals surface area (Å²) >= 11 is 0. The summed E-state index contributed by atoms with van der Waals surface area (Å²) in [7, 11) is 0. The molecule has 0 fully saturated rings. The van der Waals surface area contributed by atoms with Crippen LogP contribution in [0.5, 0.6) is 0 Å². The fraction of sp³-hybridized carbons (Fsp3) is 0.286. The van der Waals surface area contributed by atoms with Crippen LogP contribution in [-0.2, 0) is 9.47 Å². The summed E-state index contributed by atoms with van der Waals surface area (Å²) in [5, 5.41) is 0. The molecule has 0 aromatic carbocycles. The Hall–Kier alpha value is -2.30. The van der Waals surface area contributed by atoms with Crippen molar-refractivity contribution in [1.82, 2.24) is 9.38 Å². The Labute approximate surface area is 111 Å². The van der Waals surface area contributed by atoms with Crippen molar-refractivity contribution in [1.29, 1.82) is 0 Å². The van der Waals surface area contributed by atoms with E-state index in [1.165, 1.54) is 6.20 Å². The Kier molecular flexibility index (Phi) is 3.85. The van der Waals surface area contributed by atoms with Gasteiger partial charge in [0.15, 0.2) is 5.69 Å². The van der Waals surface area contributed by atoms with E-state index in [0.717, 1.165) is 5.56 Å². The Morgan fingerprint density at radius 3 is 2.79 bits per heavy atom.